The molecule has 1 aromatic carbocycles. The standard InChI is InChI=1S/C6H6N2O2/c7-8-10-6-4-2-1-3-5(6)9/h1-4,7,9H. The first-order valence-electron chi connectivity index (χ1n) is 2.66. The van der Waals surface area contributed by atoms with E-state index in [1.165, 1.54) is 12.1 Å². The Kier molecular flexibility index (Phi) is 1.84. The number of nitrogens with zero attached hydrogens (tertiary/aromatic N) is 1. The topological polar surface area (TPSA) is 65.7 Å². The summed E-state index contributed by atoms with van der Waals surface area (Å²) in [7, 11) is 0. The number of rotatable bonds is 2. The lowest BCUT2D eigenvalue weighted by Crippen LogP contribution is -1.79. The summed E-state index contributed by atoms with van der Waals surface area (Å²) in [5, 5.41) is 11.6. The normalized spacial score (nSPS) is 8.80. The number of hydrogen-bond acceptors (Lipinski definition) is 4. The molecule has 0 amide bonds. The first-order chi connectivity index (χ1) is 4.84. The maximum Gasteiger partial charge on any atom is 0.201 e. The molecular formula is C6H6N2O2. The molecule has 0 saturated carbocycles. The van der Waals surface area contributed by atoms with Crippen LogP contribution in [0.5, 0.6) is 11.5 Å². The largest absolute Gasteiger partial charge is 0.504 e. The van der Waals surface area contributed by atoms with Gasteiger partial charge in [-0.2, -0.15) is 5.53 Å². The summed E-state index contributed by atoms with van der Waals surface area (Å²) in [4.78, 5) is 4.38. The maximum atomic E-state index is 8.97. The number of hydrogen-bond donors (Lipinski definition) is 2. The third-order valence-corrected chi connectivity index (χ3v) is 1.01. The van der Waals surface area contributed by atoms with Crippen LogP contribution in [0.3, 0.4) is 0 Å². The number of phenolic OH excluding ortho intramolecular Hbond substituents is 1. The molecule has 0 saturated heterocycles. The summed E-state index contributed by atoms with van der Waals surface area (Å²) in [5.41, 5.74) is 6.33. The highest BCUT2D eigenvalue weighted by molar-refractivity contribution is 5.37. The van der Waals surface area contributed by atoms with Gasteiger partial charge in [-0.05, 0) is 12.1 Å². The number of nitrogens with one attached hydrogen (secondary N) is 1. The summed E-state index contributed by atoms with van der Waals surface area (Å²) < 4.78 is 0. The van der Waals surface area contributed by atoms with E-state index < -0.39 is 0 Å². The second-order valence-corrected chi connectivity index (χ2v) is 1.65. The molecule has 10 heavy (non-hydrogen) atoms. The van der Waals surface area contributed by atoms with Crippen LogP contribution < -0.4 is 4.84 Å². The number of phenols is 1. The van der Waals surface area contributed by atoms with Crippen molar-refractivity contribution in [2.75, 3.05) is 0 Å². The van der Waals surface area contributed by atoms with E-state index in [1.54, 1.807) is 12.1 Å². The van der Waals surface area contributed by atoms with Crippen molar-refractivity contribution in [3.05, 3.63) is 24.3 Å². The molecule has 0 radical (unpaired) electrons. The molecule has 1 aromatic rings. The third-order valence-electron chi connectivity index (χ3n) is 1.01. The van der Waals surface area contributed by atoms with Crippen molar-refractivity contribution in [2.24, 2.45) is 5.28 Å². The Morgan fingerprint density at radius 1 is 1.40 bits per heavy atom. The minimum Gasteiger partial charge on any atom is -0.504 e. The quantitative estimate of drug-likeness (QED) is 0.482. The summed E-state index contributed by atoms with van der Waals surface area (Å²) in [6.07, 6.45) is 0. The fraction of sp³-hybridized carbons (Fsp3) is 0. The van der Waals surface area contributed by atoms with Crippen molar-refractivity contribution in [2.45, 2.75) is 0 Å². The molecule has 0 atom stereocenters. The molecule has 0 aromatic heterocycles. The molecule has 4 heteroatoms. The van der Waals surface area contributed by atoms with Gasteiger partial charge in [-0.3, -0.25) is 0 Å². The fourth-order valence-corrected chi connectivity index (χ4v) is 0.584. The lowest BCUT2D eigenvalue weighted by Gasteiger charge is -1.96. The first kappa shape index (κ1) is 6.54. The Morgan fingerprint density at radius 2 is 2.10 bits per heavy atom. The van der Waals surface area contributed by atoms with Gasteiger partial charge in [0.2, 0.25) is 5.75 Å². The van der Waals surface area contributed by atoms with Gasteiger partial charge in [0.05, 0.1) is 0 Å². The zero-order valence-corrected chi connectivity index (χ0v) is 5.11. The zero-order valence-electron chi connectivity index (χ0n) is 5.11. The minimum absolute atomic E-state index is 0.0153. The fourth-order valence-electron chi connectivity index (χ4n) is 0.584. The SMILES string of the molecule is N=NOc1ccccc1O. The number of aromatic hydroxyl groups is 1. The van der Waals surface area contributed by atoms with Crippen molar-refractivity contribution < 1.29 is 9.94 Å². The molecule has 1 rings (SSSR count). The van der Waals surface area contributed by atoms with Gasteiger partial charge in [-0.15, -0.1) is 0 Å². The second kappa shape index (κ2) is 2.82. The van der Waals surface area contributed by atoms with Crippen LogP contribution in [0.1, 0.15) is 0 Å². The van der Waals surface area contributed by atoms with Gasteiger partial charge < -0.3 is 9.94 Å². The Bertz CT molecular complexity index is 237. The van der Waals surface area contributed by atoms with Crippen LogP contribution in [0.25, 0.3) is 0 Å². The predicted octanol–water partition coefficient (Wildman–Crippen LogP) is 1.72. The summed E-state index contributed by atoms with van der Waals surface area (Å²) in [6.45, 7) is 0. The van der Waals surface area contributed by atoms with E-state index in [0.29, 0.717) is 0 Å². The summed E-state index contributed by atoms with van der Waals surface area (Å²) in [6, 6.07) is 6.32. The lowest BCUT2D eigenvalue weighted by molar-refractivity contribution is 0.282. The lowest BCUT2D eigenvalue weighted by atomic mass is 10.3. The van der Waals surface area contributed by atoms with E-state index in [1.807, 2.05) is 0 Å². The Morgan fingerprint density at radius 3 is 2.70 bits per heavy atom. The van der Waals surface area contributed by atoms with Crippen LogP contribution in [0.2, 0.25) is 0 Å². The number of benzene rings is 1. The van der Waals surface area contributed by atoms with Gasteiger partial charge >= 0.3 is 0 Å². The predicted molar refractivity (Wildman–Crippen MR) is 33.9 cm³/mol. The van der Waals surface area contributed by atoms with Crippen LogP contribution >= 0.6 is 0 Å². The van der Waals surface area contributed by atoms with Gasteiger partial charge in [0, 0.05) is 5.28 Å². The molecule has 0 fully saturated rings. The van der Waals surface area contributed by atoms with Gasteiger partial charge in [-0.1, -0.05) is 12.1 Å². The highest BCUT2D eigenvalue weighted by Crippen LogP contribution is 2.23. The molecule has 0 aliphatic heterocycles. The molecule has 0 bridgehead atoms. The maximum absolute atomic E-state index is 8.97. The van der Waals surface area contributed by atoms with Crippen LogP contribution in [-0.2, 0) is 0 Å². The van der Waals surface area contributed by atoms with Gasteiger partial charge in [0.25, 0.3) is 0 Å². The van der Waals surface area contributed by atoms with E-state index in [4.69, 9.17) is 10.6 Å². The zero-order chi connectivity index (χ0) is 7.40. The van der Waals surface area contributed by atoms with Gasteiger partial charge in [-0.25, -0.2) is 0 Å². The molecule has 0 heterocycles. The van der Waals surface area contributed by atoms with E-state index >= 15 is 0 Å². The molecule has 4 nitrogen and oxygen atoms in total. The number of para-hydroxylation sites is 2. The van der Waals surface area contributed by atoms with Crippen LogP contribution in [0.4, 0.5) is 0 Å². The summed E-state index contributed by atoms with van der Waals surface area (Å²) in [5.74, 6) is 0.177. The molecule has 0 unspecified atom stereocenters. The van der Waals surface area contributed by atoms with Gasteiger partial charge in [0.1, 0.15) is 0 Å². The second-order valence-electron chi connectivity index (χ2n) is 1.65. The molecule has 0 aliphatic rings. The first-order valence-corrected chi connectivity index (χ1v) is 2.66. The summed E-state index contributed by atoms with van der Waals surface area (Å²) >= 11 is 0. The van der Waals surface area contributed by atoms with Crippen molar-refractivity contribution >= 4 is 0 Å². The van der Waals surface area contributed by atoms with Crippen molar-refractivity contribution in [1.29, 1.82) is 5.53 Å². The van der Waals surface area contributed by atoms with E-state index in [-0.39, 0.29) is 11.5 Å². The molecular weight excluding hydrogens is 132 g/mol. The molecule has 0 spiro atoms. The van der Waals surface area contributed by atoms with Crippen molar-refractivity contribution in [1.82, 2.24) is 0 Å². The highest BCUT2D eigenvalue weighted by atomic mass is 16.6. The van der Waals surface area contributed by atoms with Crippen LogP contribution in [0, 0.1) is 5.53 Å². The molecule has 52 valence electrons. The Labute approximate surface area is 57.5 Å². The van der Waals surface area contributed by atoms with Crippen molar-refractivity contribution in [3.8, 4) is 11.5 Å². The average molecular weight is 138 g/mol. The monoisotopic (exact) mass is 138 g/mol. The van der Waals surface area contributed by atoms with Gasteiger partial charge in [0.15, 0.2) is 5.75 Å². The molecule has 2 N–H and O–H groups in total. The smallest absolute Gasteiger partial charge is 0.201 e. The van der Waals surface area contributed by atoms with Crippen LogP contribution in [0.15, 0.2) is 29.5 Å². The van der Waals surface area contributed by atoms with E-state index in [2.05, 4.69) is 10.1 Å². The van der Waals surface area contributed by atoms with E-state index in [0.717, 1.165) is 0 Å². The molecule has 0 aliphatic carbocycles. The Balaban J connectivity index is 2.91. The highest BCUT2D eigenvalue weighted by Gasteiger charge is 1.97. The van der Waals surface area contributed by atoms with Crippen molar-refractivity contribution in [3.63, 3.8) is 0 Å². The minimum atomic E-state index is -0.0153. The Hall–Kier alpha value is -1.58. The van der Waals surface area contributed by atoms with Crippen LogP contribution in [-0.4, -0.2) is 5.11 Å². The average Bonchev–Trinajstić information content (AvgIpc) is 1.94. The third kappa shape index (κ3) is 1.22. The van der Waals surface area contributed by atoms with E-state index in [9.17, 15) is 0 Å².